The smallest absolute Gasteiger partial charge is 0.163 e. The van der Waals surface area contributed by atoms with Crippen molar-refractivity contribution in [1.29, 1.82) is 0 Å². The molecule has 5 heteroatoms. The molecule has 0 aliphatic heterocycles. The third-order valence-electron chi connectivity index (χ3n) is 3.41. The first-order chi connectivity index (χ1) is 11.0. The number of ether oxygens (including phenoxy) is 1. The summed E-state index contributed by atoms with van der Waals surface area (Å²) in [6.07, 6.45) is 7.48. The molecule has 0 radical (unpaired) electrons. The predicted molar refractivity (Wildman–Crippen MR) is 89.2 cm³/mol. The highest BCUT2D eigenvalue weighted by atomic mass is 16.5. The van der Waals surface area contributed by atoms with Gasteiger partial charge in [0.05, 0.1) is 0 Å². The van der Waals surface area contributed by atoms with Crippen LogP contribution in [0.1, 0.15) is 33.2 Å². The van der Waals surface area contributed by atoms with Crippen molar-refractivity contribution < 1.29 is 9.53 Å². The highest BCUT2D eigenvalue weighted by molar-refractivity contribution is 5.87. The van der Waals surface area contributed by atoms with Gasteiger partial charge in [-0.1, -0.05) is 51.1 Å². The summed E-state index contributed by atoms with van der Waals surface area (Å²) < 4.78 is 7.22. The van der Waals surface area contributed by atoms with E-state index in [1.54, 1.807) is 11.0 Å². The first-order valence-corrected chi connectivity index (χ1v) is 7.70. The summed E-state index contributed by atoms with van der Waals surface area (Å²) in [7, 11) is 0. The van der Waals surface area contributed by atoms with Crippen molar-refractivity contribution in [2.75, 3.05) is 6.61 Å². The number of benzene rings is 1. The van der Waals surface area contributed by atoms with Gasteiger partial charge >= 0.3 is 0 Å². The van der Waals surface area contributed by atoms with Crippen LogP contribution in [-0.2, 0) is 4.79 Å². The largest absolute Gasteiger partial charge is 0.490 e. The summed E-state index contributed by atoms with van der Waals surface area (Å²) in [4.78, 5) is 16.5. The van der Waals surface area contributed by atoms with Gasteiger partial charge in [0.15, 0.2) is 5.78 Å². The van der Waals surface area contributed by atoms with Crippen LogP contribution in [0.4, 0.5) is 0 Å². The molecular weight excluding hydrogens is 290 g/mol. The van der Waals surface area contributed by atoms with Crippen LogP contribution in [0.2, 0.25) is 0 Å². The number of rotatable bonds is 7. The van der Waals surface area contributed by atoms with E-state index >= 15 is 0 Å². The van der Waals surface area contributed by atoms with Crippen LogP contribution in [0.3, 0.4) is 0 Å². The van der Waals surface area contributed by atoms with E-state index in [9.17, 15) is 4.79 Å². The molecule has 2 aromatic rings. The lowest BCUT2D eigenvalue weighted by Crippen LogP contribution is -2.30. The number of hydrogen-bond donors (Lipinski definition) is 0. The minimum absolute atomic E-state index is 0.136. The van der Waals surface area contributed by atoms with Gasteiger partial charge in [0.1, 0.15) is 31.1 Å². The maximum absolute atomic E-state index is 12.6. The number of para-hydroxylation sites is 1. The minimum atomic E-state index is -0.426. The Morgan fingerprint density at radius 1 is 1.26 bits per heavy atom. The molecule has 1 atom stereocenters. The molecule has 1 aromatic carbocycles. The van der Waals surface area contributed by atoms with E-state index in [0.29, 0.717) is 13.0 Å². The van der Waals surface area contributed by atoms with Crippen molar-refractivity contribution in [3.63, 3.8) is 0 Å². The summed E-state index contributed by atoms with van der Waals surface area (Å²) in [6, 6.07) is 9.29. The summed E-state index contributed by atoms with van der Waals surface area (Å²) in [5, 5.41) is 4.12. The predicted octanol–water partition coefficient (Wildman–Crippen LogP) is 3.46. The zero-order chi connectivity index (χ0) is 16.7. The highest BCUT2D eigenvalue weighted by Crippen LogP contribution is 2.25. The Bertz CT molecular complexity index is 628. The molecule has 0 N–H and O–H groups in total. The van der Waals surface area contributed by atoms with Crippen LogP contribution in [0, 0.1) is 5.41 Å². The van der Waals surface area contributed by atoms with Crippen molar-refractivity contribution in [3.05, 3.63) is 55.1 Å². The topological polar surface area (TPSA) is 57.0 Å². The quantitative estimate of drug-likeness (QED) is 0.735. The molecule has 1 heterocycles. The molecular formula is C18H23N3O2. The van der Waals surface area contributed by atoms with Crippen LogP contribution in [0.15, 0.2) is 55.1 Å². The normalized spacial score (nSPS) is 13.2. The lowest BCUT2D eigenvalue weighted by atomic mass is 9.85. The van der Waals surface area contributed by atoms with Gasteiger partial charge in [-0.25, -0.2) is 9.67 Å². The van der Waals surface area contributed by atoms with Crippen molar-refractivity contribution in [2.45, 2.75) is 33.2 Å². The van der Waals surface area contributed by atoms with Crippen LogP contribution in [0.5, 0.6) is 5.75 Å². The van der Waals surface area contributed by atoms with E-state index in [4.69, 9.17) is 4.74 Å². The fourth-order valence-corrected chi connectivity index (χ4v) is 2.17. The summed E-state index contributed by atoms with van der Waals surface area (Å²) in [5.74, 6) is 0.965. The maximum atomic E-state index is 12.6. The molecule has 1 unspecified atom stereocenters. The number of ketones is 1. The Kier molecular flexibility index (Phi) is 5.68. The molecule has 0 aliphatic carbocycles. The molecule has 23 heavy (non-hydrogen) atoms. The number of nitrogens with zero attached hydrogens (tertiary/aromatic N) is 3. The number of aromatic nitrogens is 3. The van der Waals surface area contributed by atoms with E-state index in [0.717, 1.165) is 5.75 Å². The maximum Gasteiger partial charge on any atom is 0.163 e. The number of carbonyl (C=O) groups is 1. The summed E-state index contributed by atoms with van der Waals surface area (Å²) in [5.41, 5.74) is -0.426. The van der Waals surface area contributed by atoms with Gasteiger partial charge in [0.25, 0.3) is 0 Å². The van der Waals surface area contributed by atoms with Gasteiger partial charge < -0.3 is 4.74 Å². The highest BCUT2D eigenvalue weighted by Gasteiger charge is 2.30. The fourth-order valence-electron chi connectivity index (χ4n) is 2.17. The summed E-state index contributed by atoms with van der Waals surface area (Å²) in [6.45, 7) is 6.22. The Morgan fingerprint density at radius 3 is 2.61 bits per heavy atom. The van der Waals surface area contributed by atoms with Crippen LogP contribution >= 0.6 is 0 Å². The Labute approximate surface area is 137 Å². The average molecular weight is 313 g/mol. The second kappa shape index (κ2) is 7.72. The van der Waals surface area contributed by atoms with E-state index < -0.39 is 5.41 Å². The second-order valence-electron chi connectivity index (χ2n) is 6.34. The molecule has 1 aromatic heterocycles. The van der Waals surface area contributed by atoms with E-state index in [1.807, 2.05) is 63.3 Å². The monoisotopic (exact) mass is 313 g/mol. The Morgan fingerprint density at radius 2 is 2.00 bits per heavy atom. The van der Waals surface area contributed by atoms with Gasteiger partial charge in [-0.2, -0.15) is 5.10 Å². The van der Waals surface area contributed by atoms with Gasteiger partial charge in [0, 0.05) is 5.41 Å². The van der Waals surface area contributed by atoms with Crippen LogP contribution in [-0.4, -0.2) is 27.2 Å². The Hall–Kier alpha value is -2.43. The van der Waals surface area contributed by atoms with Gasteiger partial charge in [-0.3, -0.25) is 4.79 Å². The molecule has 0 saturated carbocycles. The molecule has 0 amide bonds. The van der Waals surface area contributed by atoms with Gasteiger partial charge in [0.2, 0.25) is 0 Å². The third-order valence-corrected chi connectivity index (χ3v) is 3.41. The standard InChI is InChI=1S/C18H23N3O2/c1-18(2,3)17(22)16(21-14-19-13-20-21)11-7-8-12-23-15-9-5-4-6-10-15/h4-10,13-14,16H,11-12H2,1-3H3/b8-7+. The summed E-state index contributed by atoms with van der Waals surface area (Å²) >= 11 is 0. The third kappa shape index (κ3) is 5.06. The lowest BCUT2D eigenvalue weighted by molar-refractivity contribution is -0.129. The van der Waals surface area contributed by atoms with Gasteiger partial charge in [-0.05, 0) is 18.6 Å². The molecule has 0 aliphatic rings. The second-order valence-corrected chi connectivity index (χ2v) is 6.34. The first kappa shape index (κ1) is 16.9. The minimum Gasteiger partial charge on any atom is -0.490 e. The lowest BCUT2D eigenvalue weighted by Gasteiger charge is -2.23. The molecule has 0 bridgehead atoms. The van der Waals surface area contributed by atoms with Crippen LogP contribution < -0.4 is 4.74 Å². The number of carbonyl (C=O) groups excluding carboxylic acids is 1. The number of Topliss-reactive ketones (excluding diaryl/α,β-unsaturated/α-hetero) is 1. The zero-order valence-corrected chi connectivity index (χ0v) is 13.8. The SMILES string of the molecule is CC(C)(C)C(=O)C(C/C=C/COc1ccccc1)n1cncn1. The van der Waals surface area contributed by atoms with E-state index in [2.05, 4.69) is 10.1 Å². The van der Waals surface area contributed by atoms with E-state index in [1.165, 1.54) is 6.33 Å². The number of hydrogen-bond acceptors (Lipinski definition) is 4. The van der Waals surface area contributed by atoms with Crippen molar-refractivity contribution in [1.82, 2.24) is 14.8 Å². The fraction of sp³-hybridized carbons (Fsp3) is 0.389. The van der Waals surface area contributed by atoms with Crippen molar-refractivity contribution >= 4 is 5.78 Å². The van der Waals surface area contributed by atoms with Crippen molar-refractivity contribution in [2.24, 2.45) is 5.41 Å². The molecule has 0 spiro atoms. The average Bonchev–Trinajstić information content (AvgIpc) is 3.04. The van der Waals surface area contributed by atoms with Gasteiger partial charge in [-0.15, -0.1) is 0 Å². The Balaban J connectivity index is 1.93. The van der Waals surface area contributed by atoms with Crippen molar-refractivity contribution in [3.8, 4) is 5.75 Å². The molecule has 122 valence electrons. The number of allylic oxidation sites excluding steroid dienone is 1. The van der Waals surface area contributed by atoms with Crippen LogP contribution in [0.25, 0.3) is 0 Å². The molecule has 2 rings (SSSR count). The molecule has 0 fully saturated rings. The van der Waals surface area contributed by atoms with E-state index in [-0.39, 0.29) is 11.8 Å². The molecule has 0 saturated heterocycles. The zero-order valence-electron chi connectivity index (χ0n) is 13.8. The first-order valence-electron chi connectivity index (χ1n) is 7.70. The molecule has 5 nitrogen and oxygen atoms in total.